The lowest BCUT2D eigenvalue weighted by molar-refractivity contribution is 0.0931. The molecular weight excluding hydrogens is 232 g/mol. The quantitative estimate of drug-likeness (QED) is 0.766. The van der Waals surface area contributed by atoms with Crippen molar-refractivity contribution in [2.45, 2.75) is 26.3 Å². The number of rotatable bonds is 4. The molecule has 0 aromatic carbocycles. The number of nitrogens with two attached hydrogens (primary N) is 1. The number of furan rings is 1. The van der Waals surface area contributed by atoms with Crippen molar-refractivity contribution in [2.24, 2.45) is 0 Å². The van der Waals surface area contributed by atoms with Crippen molar-refractivity contribution in [2.75, 3.05) is 5.73 Å². The molecule has 0 saturated heterocycles. The first kappa shape index (κ1) is 12.2. The minimum Gasteiger partial charge on any atom is -0.467 e. The fourth-order valence-electron chi connectivity index (χ4n) is 1.70. The Morgan fingerprint density at radius 1 is 1.67 bits per heavy atom. The van der Waals surface area contributed by atoms with Crippen LogP contribution in [-0.4, -0.2) is 16.1 Å². The van der Waals surface area contributed by atoms with Gasteiger partial charge < -0.3 is 15.5 Å². The summed E-state index contributed by atoms with van der Waals surface area (Å²) in [6.07, 6.45) is 2.27. The van der Waals surface area contributed by atoms with E-state index in [0.29, 0.717) is 17.9 Å². The molecule has 2 heterocycles. The second-order valence-electron chi connectivity index (χ2n) is 4.03. The molecule has 6 nitrogen and oxygen atoms in total. The second kappa shape index (κ2) is 4.95. The van der Waals surface area contributed by atoms with Crippen LogP contribution in [0, 0.1) is 0 Å². The average Bonchev–Trinajstić information content (AvgIpc) is 2.97. The number of carbonyl (C=O) groups is 1. The van der Waals surface area contributed by atoms with E-state index in [-0.39, 0.29) is 17.6 Å². The summed E-state index contributed by atoms with van der Waals surface area (Å²) in [5, 5.41) is 9.46. The minimum atomic E-state index is -0.313. The van der Waals surface area contributed by atoms with Crippen LogP contribution in [0.2, 0.25) is 0 Å². The van der Waals surface area contributed by atoms with Crippen LogP contribution in [-0.2, 0) is 6.42 Å². The Morgan fingerprint density at radius 3 is 3.00 bits per heavy atom. The number of nitrogens with one attached hydrogen (secondary N) is 2. The number of hydrogen-bond acceptors (Lipinski definition) is 4. The molecule has 0 aliphatic heterocycles. The molecule has 0 spiro atoms. The van der Waals surface area contributed by atoms with E-state index in [0.717, 1.165) is 5.69 Å². The van der Waals surface area contributed by atoms with Gasteiger partial charge in [-0.25, -0.2) is 0 Å². The second-order valence-corrected chi connectivity index (χ2v) is 4.03. The summed E-state index contributed by atoms with van der Waals surface area (Å²) < 4.78 is 5.21. The zero-order chi connectivity index (χ0) is 13.1. The molecule has 2 aromatic rings. The number of H-pyrrole nitrogens is 1. The van der Waals surface area contributed by atoms with E-state index in [1.165, 1.54) is 0 Å². The standard InChI is InChI=1S/C12H16N4O2/c1-3-8-10(13)11(16-15-8)12(17)14-7(2)9-5-4-6-18-9/h4-7H,3,13H2,1-2H3,(H,14,17)(H,15,16). The van der Waals surface area contributed by atoms with Crippen LogP contribution < -0.4 is 11.1 Å². The lowest BCUT2D eigenvalue weighted by Gasteiger charge is -2.10. The Labute approximate surface area is 105 Å². The average molecular weight is 248 g/mol. The van der Waals surface area contributed by atoms with E-state index in [4.69, 9.17) is 10.2 Å². The minimum absolute atomic E-state index is 0.227. The van der Waals surface area contributed by atoms with Crippen molar-refractivity contribution >= 4 is 11.6 Å². The van der Waals surface area contributed by atoms with Gasteiger partial charge >= 0.3 is 0 Å². The van der Waals surface area contributed by atoms with E-state index in [2.05, 4.69) is 15.5 Å². The number of amides is 1. The third kappa shape index (κ3) is 2.22. The number of hydrogen-bond donors (Lipinski definition) is 3. The molecule has 96 valence electrons. The van der Waals surface area contributed by atoms with Crippen LogP contribution in [0.25, 0.3) is 0 Å². The van der Waals surface area contributed by atoms with Gasteiger partial charge in [0.2, 0.25) is 0 Å². The zero-order valence-corrected chi connectivity index (χ0v) is 10.4. The highest BCUT2D eigenvalue weighted by atomic mass is 16.3. The van der Waals surface area contributed by atoms with Gasteiger partial charge in [0, 0.05) is 0 Å². The van der Waals surface area contributed by atoms with E-state index in [1.54, 1.807) is 18.4 Å². The Hall–Kier alpha value is -2.24. The van der Waals surface area contributed by atoms with Crippen molar-refractivity contribution in [3.05, 3.63) is 35.5 Å². The van der Waals surface area contributed by atoms with Gasteiger partial charge in [-0.1, -0.05) is 6.92 Å². The van der Waals surface area contributed by atoms with E-state index < -0.39 is 0 Å². The lowest BCUT2D eigenvalue weighted by atomic mass is 10.2. The molecule has 6 heteroatoms. The van der Waals surface area contributed by atoms with Crippen molar-refractivity contribution in [1.29, 1.82) is 0 Å². The molecule has 0 bridgehead atoms. The predicted molar refractivity (Wildman–Crippen MR) is 67.0 cm³/mol. The monoisotopic (exact) mass is 248 g/mol. The molecule has 2 aromatic heterocycles. The van der Waals surface area contributed by atoms with Gasteiger partial charge in [0.1, 0.15) is 5.76 Å². The van der Waals surface area contributed by atoms with Gasteiger partial charge in [0.25, 0.3) is 5.91 Å². The number of nitrogen functional groups attached to an aromatic ring is 1. The number of carbonyl (C=O) groups excluding carboxylic acids is 1. The van der Waals surface area contributed by atoms with Crippen LogP contribution >= 0.6 is 0 Å². The SMILES string of the molecule is CCc1[nH]nc(C(=O)NC(C)c2ccco2)c1N. The van der Waals surface area contributed by atoms with Crippen molar-refractivity contribution in [3.8, 4) is 0 Å². The van der Waals surface area contributed by atoms with Crippen molar-refractivity contribution < 1.29 is 9.21 Å². The van der Waals surface area contributed by atoms with Gasteiger partial charge in [0.05, 0.1) is 23.7 Å². The summed E-state index contributed by atoms with van der Waals surface area (Å²) in [7, 11) is 0. The van der Waals surface area contributed by atoms with Gasteiger partial charge in [-0.2, -0.15) is 5.10 Å². The third-order valence-electron chi connectivity index (χ3n) is 2.77. The fourth-order valence-corrected chi connectivity index (χ4v) is 1.70. The third-order valence-corrected chi connectivity index (χ3v) is 2.77. The van der Waals surface area contributed by atoms with Crippen LogP contribution in [0.15, 0.2) is 22.8 Å². The Balaban J connectivity index is 2.10. The predicted octanol–water partition coefficient (Wildman–Crippen LogP) is 1.64. The Morgan fingerprint density at radius 2 is 2.44 bits per heavy atom. The molecule has 1 atom stereocenters. The summed E-state index contributed by atoms with van der Waals surface area (Å²) in [5.41, 5.74) is 7.23. The molecule has 0 aliphatic rings. The zero-order valence-electron chi connectivity index (χ0n) is 10.4. The molecule has 1 amide bonds. The van der Waals surface area contributed by atoms with E-state index in [9.17, 15) is 4.79 Å². The van der Waals surface area contributed by atoms with Gasteiger partial charge in [-0.15, -0.1) is 0 Å². The topological polar surface area (TPSA) is 96.9 Å². The smallest absolute Gasteiger partial charge is 0.274 e. The van der Waals surface area contributed by atoms with Crippen LogP contribution in [0.5, 0.6) is 0 Å². The molecule has 1 unspecified atom stereocenters. The molecule has 0 saturated carbocycles. The van der Waals surface area contributed by atoms with Gasteiger partial charge in [-0.3, -0.25) is 9.89 Å². The van der Waals surface area contributed by atoms with Crippen molar-refractivity contribution in [3.63, 3.8) is 0 Å². The molecular formula is C12H16N4O2. The van der Waals surface area contributed by atoms with Crippen LogP contribution in [0.3, 0.4) is 0 Å². The molecule has 0 radical (unpaired) electrons. The van der Waals surface area contributed by atoms with E-state index >= 15 is 0 Å². The van der Waals surface area contributed by atoms with E-state index in [1.807, 2.05) is 13.8 Å². The summed E-state index contributed by atoms with van der Waals surface area (Å²) in [4.78, 5) is 12.0. The maximum Gasteiger partial charge on any atom is 0.274 e. The first-order chi connectivity index (χ1) is 8.63. The molecule has 0 fully saturated rings. The maximum absolute atomic E-state index is 12.0. The highest BCUT2D eigenvalue weighted by molar-refractivity contribution is 5.97. The maximum atomic E-state index is 12.0. The first-order valence-corrected chi connectivity index (χ1v) is 5.80. The summed E-state index contributed by atoms with van der Waals surface area (Å²) >= 11 is 0. The van der Waals surface area contributed by atoms with Crippen LogP contribution in [0.1, 0.15) is 41.8 Å². The first-order valence-electron chi connectivity index (χ1n) is 5.80. The number of nitrogens with zero attached hydrogens (tertiary/aromatic N) is 1. The molecule has 18 heavy (non-hydrogen) atoms. The fraction of sp³-hybridized carbons (Fsp3) is 0.333. The normalized spacial score (nSPS) is 12.3. The molecule has 2 rings (SSSR count). The largest absolute Gasteiger partial charge is 0.467 e. The Bertz CT molecular complexity index is 530. The number of aromatic nitrogens is 2. The van der Waals surface area contributed by atoms with Gasteiger partial charge in [0.15, 0.2) is 5.69 Å². The number of aryl methyl sites for hydroxylation is 1. The highest BCUT2D eigenvalue weighted by Crippen LogP contribution is 2.17. The van der Waals surface area contributed by atoms with Crippen molar-refractivity contribution in [1.82, 2.24) is 15.5 Å². The number of aromatic amines is 1. The Kier molecular flexibility index (Phi) is 3.36. The summed E-state index contributed by atoms with van der Waals surface area (Å²) in [5.74, 6) is 0.375. The highest BCUT2D eigenvalue weighted by Gasteiger charge is 2.19. The summed E-state index contributed by atoms with van der Waals surface area (Å²) in [6.45, 7) is 3.78. The number of anilines is 1. The summed E-state index contributed by atoms with van der Waals surface area (Å²) in [6, 6.07) is 3.35. The van der Waals surface area contributed by atoms with Crippen LogP contribution in [0.4, 0.5) is 5.69 Å². The molecule has 4 N–H and O–H groups in total. The van der Waals surface area contributed by atoms with Gasteiger partial charge in [-0.05, 0) is 25.5 Å². The lowest BCUT2D eigenvalue weighted by Crippen LogP contribution is -2.27. The molecule has 0 aliphatic carbocycles.